The lowest BCUT2D eigenvalue weighted by Gasteiger charge is -2.13. The molecule has 0 aliphatic carbocycles. The first-order valence-corrected chi connectivity index (χ1v) is 9.30. The number of aromatic amines is 1. The van der Waals surface area contributed by atoms with Crippen molar-refractivity contribution in [2.24, 2.45) is 4.99 Å². The van der Waals surface area contributed by atoms with E-state index in [1.54, 1.807) is 19.0 Å². The van der Waals surface area contributed by atoms with Crippen LogP contribution in [0.2, 0.25) is 0 Å². The molecule has 6 nitrogen and oxygen atoms in total. The molecule has 0 aliphatic heterocycles. The van der Waals surface area contributed by atoms with Gasteiger partial charge in [0.1, 0.15) is 6.54 Å². The van der Waals surface area contributed by atoms with Crippen LogP contribution in [0.25, 0.3) is 10.9 Å². The average molecular weight is 485 g/mol. The lowest BCUT2D eigenvalue weighted by Crippen LogP contribution is -2.40. The summed E-state index contributed by atoms with van der Waals surface area (Å²) in [4.78, 5) is 21.1. The number of aliphatic imine (C=N–C) groups is 1. The predicted octanol–water partition coefficient (Wildman–Crippen LogP) is 3.06. The lowest BCUT2D eigenvalue weighted by atomic mass is 10.1. The Bertz CT molecular complexity index is 754. The summed E-state index contributed by atoms with van der Waals surface area (Å²) >= 11 is 0. The van der Waals surface area contributed by atoms with Gasteiger partial charge in [-0.25, -0.2) is 4.99 Å². The molecule has 0 saturated heterocycles. The molecule has 0 spiro atoms. The zero-order valence-electron chi connectivity index (χ0n) is 16.8. The van der Waals surface area contributed by atoms with Crippen molar-refractivity contribution < 1.29 is 4.79 Å². The molecule has 2 rings (SSSR count). The molecule has 7 heteroatoms. The molecule has 2 aromatic rings. The molecule has 0 aliphatic rings. The average Bonchev–Trinajstić information content (AvgIpc) is 3.03. The second-order valence-electron chi connectivity index (χ2n) is 6.72. The van der Waals surface area contributed by atoms with Gasteiger partial charge in [0.2, 0.25) is 5.91 Å². The third-order valence-electron chi connectivity index (χ3n) is 4.38. The van der Waals surface area contributed by atoms with E-state index >= 15 is 0 Å². The maximum atomic E-state index is 11.8. The van der Waals surface area contributed by atoms with Crippen LogP contribution in [-0.2, 0) is 11.2 Å². The van der Waals surface area contributed by atoms with Gasteiger partial charge in [-0.15, -0.1) is 24.0 Å². The minimum Gasteiger partial charge on any atom is -0.361 e. The summed E-state index contributed by atoms with van der Waals surface area (Å²) in [6.07, 6.45) is 5.16. The summed E-state index contributed by atoms with van der Waals surface area (Å²) < 4.78 is 0. The second kappa shape index (κ2) is 11.8. The SMILES string of the molecule is CCCCNC(=NCC(=O)N(C)C)NCCc1c[nH]c2cccc(C)c12.I. The molecule has 1 amide bonds. The molecule has 0 unspecified atom stereocenters. The third-order valence-corrected chi connectivity index (χ3v) is 4.38. The second-order valence-corrected chi connectivity index (χ2v) is 6.72. The van der Waals surface area contributed by atoms with Gasteiger partial charge < -0.3 is 20.5 Å². The number of carbonyl (C=O) groups excluding carboxylic acids is 1. The molecule has 0 fully saturated rings. The Morgan fingerprint density at radius 1 is 1.22 bits per heavy atom. The molecular weight excluding hydrogens is 453 g/mol. The number of nitrogens with one attached hydrogen (secondary N) is 3. The van der Waals surface area contributed by atoms with Crippen molar-refractivity contribution in [1.82, 2.24) is 20.5 Å². The maximum absolute atomic E-state index is 11.8. The topological polar surface area (TPSA) is 72.5 Å². The molecule has 0 radical (unpaired) electrons. The number of guanidine groups is 1. The predicted molar refractivity (Wildman–Crippen MR) is 124 cm³/mol. The fraction of sp³-hybridized carbons (Fsp3) is 0.500. The highest BCUT2D eigenvalue weighted by Gasteiger charge is 2.07. The molecular formula is C20H32IN5O. The minimum absolute atomic E-state index is 0. The van der Waals surface area contributed by atoms with Crippen LogP contribution >= 0.6 is 24.0 Å². The van der Waals surface area contributed by atoms with E-state index in [-0.39, 0.29) is 36.4 Å². The van der Waals surface area contributed by atoms with E-state index in [1.807, 2.05) is 0 Å². The molecule has 1 heterocycles. The Labute approximate surface area is 179 Å². The van der Waals surface area contributed by atoms with Crippen LogP contribution in [-0.4, -0.2) is 55.5 Å². The van der Waals surface area contributed by atoms with Crippen LogP contribution in [0.5, 0.6) is 0 Å². The van der Waals surface area contributed by atoms with E-state index < -0.39 is 0 Å². The minimum atomic E-state index is -0.00570. The van der Waals surface area contributed by atoms with E-state index in [9.17, 15) is 4.79 Å². The number of hydrogen-bond donors (Lipinski definition) is 3. The van der Waals surface area contributed by atoms with E-state index in [2.05, 4.69) is 58.9 Å². The van der Waals surface area contributed by atoms with Gasteiger partial charge in [-0.05, 0) is 37.0 Å². The molecule has 0 saturated carbocycles. The number of amides is 1. The van der Waals surface area contributed by atoms with E-state index in [0.29, 0.717) is 5.96 Å². The summed E-state index contributed by atoms with van der Waals surface area (Å²) in [6, 6.07) is 6.31. The Balaban J connectivity index is 0.00000364. The van der Waals surface area contributed by atoms with Crippen molar-refractivity contribution in [3.05, 3.63) is 35.5 Å². The van der Waals surface area contributed by atoms with Gasteiger partial charge in [-0.3, -0.25) is 4.79 Å². The van der Waals surface area contributed by atoms with Crippen molar-refractivity contribution in [3.8, 4) is 0 Å². The van der Waals surface area contributed by atoms with Gasteiger partial charge in [0.05, 0.1) is 0 Å². The number of likely N-dealkylation sites (N-methyl/N-ethyl adjacent to an activating group) is 1. The summed E-state index contributed by atoms with van der Waals surface area (Å²) in [5.41, 5.74) is 3.75. The van der Waals surface area contributed by atoms with Crippen molar-refractivity contribution in [2.45, 2.75) is 33.1 Å². The third kappa shape index (κ3) is 7.04. The fourth-order valence-corrected chi connectivity index (χ4v) is 2.81. The summed E-state index contributed by atoms with van der Waals surface area (Å²) in [5, 5.41) is 7.95. The highest BCUT2D eigenvalue weighted by atomic mass is 127. The van der Waals surface area contributed by atoms with Crippen LogP contribution in [0.1, 0.15) is 30.9 Å². The number of nitrogens with zero attached hydrogens (tertiary/aromatic N) is 2. The number of fused-ring (bicyclic) bond motifs is 1. The van der Waals surface area contributed by atoms with Crippen molar-refractivity contribution in [2.75, 3.05) is 33.7 Å². The van der Waals surface area contributed by atoms with Gasteiger partial charge in [0.15, 0.2) is 5.96 Å². The summed E-state index contributed by atoms with van der Waals surface area (Å²) in [6.45, 7) is 6.06. The van der Waals surface area contributed by atoms with Crippen LogP contribution in [0.3, 0.4) is 0 Å². The van der Waals surface area contributed by atoms with Gasteiger partial charge in [-0.1, -0.05) is 25.5 Å². The first kappa shape index (κ1) is 23.3. The van der Waals surface area contributed by atoms with Crippen LogP contribution in [0, 0.1) is 6.92 Å². The smallest absolute Gasteiger partial charge is 0.243 e. The molecule has 150 valence electrons. The van der Waals surface area contributed by atoms with Crippen molar-refractivity contribution >= 4 is 46.7 Å². The Morgan fingerprint density at radius 2 is 1.96 bits per heavy atom. The molecule has 27 heavy (non-hydrogen) atoms. The fourth-order valence-electron chi connectivity index (χ4n) is 2.81. The van der Waals surface area contributed by atoms with Gasteiger partial charge in [-0.2, -0.15) is 0 Å². The lowest BCUT2D eigenvalue weighted by molar-refractivity contribution is -0.127. The number of benzene rings is 1. The summed E-state index contributed by atoms with van der Waals surface area (Å²) in [7, 11) is 3.49. The molecule has 3 N–H and O–H groups in total. The molecule has 0 bridgehead atoms. The number of H-pyrrole nitrogens is 1. The molecule has 1 aromatic heterocycles. The highest BCUT2D eigenvalue weighted by molar-refractivity contribution is 14.0. The zero-order chi connectivity index (χ0) is 18.9. The monoisotopic (exact) mass is 485 g/mol. The quantitative estimate of drug-likeness (QED) is 0.233. The van der Waals surface area contributed by atoms with E-state index in [4.69, 9.17) is 0 Å². The van der Waals surface area contributed by atoms with Crippen LogP contribution in [0.4, 0.5) is 0 Å². The highest BCUT2D eigenvalue weighted by Crippen LogP contribution is 2.22. The van der Waals surface area contributed by atoms with Crippen molar-refractivity contribution in [1.29, 1.82) is 0 Å². The number of carbonyl (C=O) groups is 1. The first-order chi connectivity index (χ1) is 12.5. The normalized spacial score (nSPS) is 11.2. The molecule has 1 aromatic carbocycles. The molecule has 0 atom stereocenters. The Hall–Kier alpha value is -1.77. The number of halogens is 1. The Morgan fingerprint density at radius 3 is 2.67 bits per heavy atom. The first-order valence-electron chi connectivity index (χ1n) is 9.30. The van der Waals surface area contributed by atoms with Crippen LogP contribution < -0.4 is 10.6 Å². The zero-order valence-corrected chi connectivity index (χ0v) is 19.1. The van der Waals surface area contributed by atoms with Gasteiger partial charge in [0.25, 0.3) is 0 Å². The number of aryl methyl sites for hydroxylation is 1. The number of aromatic nitrogens is 1. The largest absolute Gasteiger partial charge is 0.361 e. The number of rotatable bonds is 8. The van der Waals surface area contributed by atoms with E-state index in [0.717, 1.165) is 32.4 Å². The Kier molecular flexibility index (Phi) is 10.2. The van der Waals surface area contributed by atoms with E-state index in [1.165, 1.54) is 22.0 Å². The maximum Gasteiger partial charge on any atom is 0.243 e. The standard InChI is InChI=1S/C20H31N5O.HI/c1-5-6-11-21-20(24-14-18(26)25(3)4)22-12-10-16-13-23-17-9-7-8-15(2)19(16)17;/h7-9,13,23H,5-6,10-12,14H2,1-4H3,(H2,21,22,24);1H. The summed E-state index contributed by atoms with van der Waals surface area (Å²) in [5.74, 6) is 0.694. The van der Waals surface area contributed by atoms with Crippen molar-refractivity contribution in [3.63, 3.8) is 0 Å². The van der Waals surface area contributed by atoms with Gasteiger partial charge >= 0.3 is 0 Å². The van der Waals surface area contributed by atoms with Crippen LogP contribution in [0.15, 0.2) is 29.4 Å². The number of unbranched alkanes of at least 4 members (excludes halogenated alkanes) is 1. The number of hydrogen-bond acceptors (Lipinski definition) is 2. The van der Waals surface area contributed by atoms with Gasteiger partial charge in [0, 0.05) is 44.3 Å².